The monoisotopic (exact) mass is 215 g/mol. The van der Waals surface area contributed by atoms with Crippen LogP contribution in [0.5, 0.6) is 0 Å². The predicted molar refractivity (Wildman–Crippen MR) is 65.0 cm³/mol. The van der Waals surface area contributed by atoms with Crippen LogP contribution in [0.25, 0.3) is 0 Å². The molecule has 0 aliphatic rings. The van der Waals surface area contributed by atoms with Gasteiger partial charge in [-0.2, -0.15) is 0 Å². The third-order valence-corrected chi connectivity index (χ3v) is 3.12. The first-order valence-corrected chi connectivity index (χ1v) is 5.92. The lowest BCUT2D eigenvalue weighted by Gasteiger charge is -2.01. The number of pyridine rings is 1. The second-order valence-corrected chi connectivity index (χ2v) is 4.44. The first-order valence-electron chi connectivity index (χ1n) is 4.94. The van der Waals surface area contributed by atoms with Crippen LogP contribution in [0.4, 0.5) is 0 Å². The highest BCUT2D eigenvalue weighted by Crippen LogP contribution is 2.20. The number of hydrogen-bond donors (Lipinski definition) is 0. The molecule has 76 valence electrons. The fourth-order valence-corrected chi connectivity index (χ4v) is 2.20. The van der Waals surface area contributed by atoms with E-state index in [1.165, 1.54) is 11.1 Å². The lowest BCUT2D eigenvalue weighted by atomic mass is 10.2. The number of rotatable bonds is 3. The van der Waals surface area contributed by atoms with Crippen LogP contribution < -0.4 is 0 Å². The molecular weight excluding hydrogens is 202 g/mol. The van der Waals surface area contributed by atoms with Gasteiger partial charge in [0.1, 0.15) is 0 Å². The minimum atomic E-state index is 0.985. The molecule has 1 nitrogen and oxygen atoms in total. The van der Waals surface area contributed by atoms with Gasteiger partial charge in [0.2, 0.25) is 0 Å². The summed E-state index contributed by atoms with van der Waals surface area (Å²) in [6, 6.07) is 14.6. The van der Waals surface area contributed by atoms with Crippen molar-refractivity contribution in [1.82, 2.24) is 4.98 Å². The Morgan fingerprint density at radius 1 is 1.13 bits per heavy atom. The average Bonchev–Trinajstić information content (AvgIpc) is 2.28. The Morgan fingerprint density at radius 2 is 2.07 bits per heavy atom. The van der Waals surface area contributed by atoms with E-state index < -0.39 is 0 Å². The molecule has 0 N–H and O–H groups in total. The van der Waals surface area contributed by atoms with Crippen molar-refractivity contribution in [3.63, 3.8) is 0 Å². The summed E-state index contributed by atoms with van der Waals surface area (Å²) in [6.07, 6.45) is 1.83. The summed E-state index contributed by atoms with van der Waals surface area (Å²) >= 11 is 1.77. The minimum absolute atomic E-state index is 0.985. The molecular formula is C13H13NS. The molecule has 1 aromatic heterocycles. The van der Waals surface area contributed by atoms with E-state index in [0.717, 1.165) is 10.8 Å². The zero-order valence-corrected chi connectivity index (χ0v) is 9.50. The highest BCUT2D eigenvalue weighted by molar-refractivity contribution is 7.98. The zero-order chi connectivity index (χ0) is 10.5. The molecule has 0 unspecified atom stereocenters. The number of aromatic nitrogens is 1. The van der Waals surface area contributed by atoms with E-state index in [9.17, 15) is 0 Å². The quantitative estimate of drug-likeness (QED) is 0.724. The number of benzene rings is 1. The van der Waals surface area contributed by atoms with Crippen LogP contribution in [0.15, 0.2) is 53.7 Å². The molecule has 0 aliphatic carbocycles. The third kappa shape index (κ3) is 3.10. The molecule has 0 aliphatic heterocycles. The maximum Gasteiger partial charge on any atom is 0.0963 e. The minimum Gasteiger partial charge on any atom is -0.250 e. The largest absolute Gasteiger partial charge is 0.250 e. The molecule has 2 heteroatoms. The van der Waals surface area contributed by atoms with E-state index in [1.807, 2.05) is 24.4 Å². The summed E-state index contributed by atoms with van der Waals surface area (Å²) in [7, 11) is 0. The Kier molecular flexibility index (Phi) is 3.41. The van der Waals surface area contributed by atoms with Gasteiger partial charge in [-0.15, -0.1) is 11.8 Å². The van der Waals surface area contributed by atoms with Gasteiger partial charge in [0, 0.05) is 11.9 Å². The third-order valence-electron chi connectivity index (χ3n) is 2.11. The smallest absolute Gasteiger partial charge is 0.0963 e. The SMILES string of the molecule is Cc1cccc(CSc2ccccn2)c1. The molecule has 1 aromatic carbocycles. The molecule has 0 saturated heterocycles. The number of nitrogens with zero attached hydrogens (tertiary/aromatic N) is 1. The average molecular weight is 215 g/mol. The van der Waals surface area contributed by atoms with Gasteiger partial charge in [0.25, 0.3) is 0 Å². The van der Waals surface area contributed by atoms with Gasteiger partial charge in [-0.1, -0.05) is 35.9 Å². The van der Waals surface area contributed by atoms with Crippen LogP contribution in [0.3, 0.4) is 0 Å². The Morgan fingerprint density at radius 3 is 2.80 bits per heavy atom. The van der Waals surface area contributed by atoms with Crippen molar-refractivity contribution >= 4 is 11.8 Å². The summed E-state index contributed by atoms with van der Waals surface area (Å²) < 4.78 is 0. The van der Waals surface area contributed by atoms with Gasteiger partial charge in [0.05, 0.1) is 5.03 Å². The van der Waals surface area contributed by atoms with Gasteiger partial charge < -0.3 is 0 Å². The molecule has 0 spiro atoms. The van der Waals surface area contributed by atoms with Crippen LogP contribution in [0.2, 0.25) is 0 Å². The van der Waals surface area contributed by atoms with E-state index >= 15 is 0 Å². The molecule has 2 rings (SSSR count). The van der Waals surface area contributed by atoms with E-state index in [-0.39, 0.29) is 0 Å². The highest BCUT2D eigenvalue weighted by atomic mass is 32.2. The Hall–Kier alpha value is -1.28. The lowest BCUT2D eigenvalue weighted by Crippen LogP contribution is -1.83. The van der Waals surface area contributed by atoms with Crippen LogP contribution in [0, 0.1) is 6.92 Å². The summed E-state index contributed by atoms with van der Waals surface area (Å²) in [5.41, 5.74) is 2.67. The summed E-state index contributed by atoms with van der Waals surface area (Å²) in [5.74, 6) is 0.985. The van der Waals surface area contributed by atoms with Crippen molar-refractivity contribution in [2.45, 2.75) is 17.7 Å². The van der Waals surface area contributed by atoms with Crippen molar-refractivity contribution in [2.75, 3.05) is 0 Å². The van der Waals surface area contributed by atoms with E-state index in [0.29, 0.717) is 0 Å². The maximum atomic E-state index is 4.28. The van der Waals surface area contributed by atoms with Gasteiger partial charge in [0.15, 0.2) is 0 Å². The molecule has 15 heavy (non-hydrogen) atoms. The molecule has 0 saturated carbocycles. The van der Waals surface area contributed by atoms with Crippen molar-refractivity contribution in [2.24, 2.45) is 0 Å². The van der Waals surface area contributed by atoms with E-state index in [4.69, 9.17) is 0 Å². The predicted octanol–water partition coefficient (Wildman–Crippen LogP) is 3.68. The normalized spacial score (nSPS) is 10.2. The Balaban J connectivity index is 1.99. The Labute approximate surface area is 94.6 Å². The number of hydrogen-bond acceptors (Lipinski definition) is 2. The molecule has 0 radical (unpaired) electrons. The molecule has 2 aromatic rings. The van der Waals surface area contributed by atoms with Crippen LogP contribution >= 0.6 is 11.8 Å². The summed E-state index contributed by atoms with van der Waals surface area (Å²) in [5, 5.41) is 1.08. The topological polar surface area (TPSA) is 12.9 Å². The number of thioether (sulfide) groups is 1. The van der Waals surface area contributed by atoms with Crippen molar-refractivity contribution in [1.29, 1.82) is 0 Å². The molecule has 1 heterocycles. The van der Waals surface area contributed by atoms with Gasteiger partial charge >= 0.3 is 0 Å². The fraction of sp³-hybridized carbons (Fsp3) is 0.154. The van der Waals surface area contributed by atoms with E-state index in [2.05, 4.69) is 36.2 Å². The number of aryl methyl sites for hydroxylation is 1. The van der Waals surface area contributed by atoms with Crippen molar-refractivity contribution < 1.29 is 0 Å². The zero-order valence-electron chi connectivity index (χ0n) is 8.68. The summed E-state index contributed by atoms with van der Waals surface area (Å²) in [6.45, 7) is 2.12. The lowest BCUT2D eigenvalue weighted by molar-refractivity contribution is 1.13. The first-order chi connectivity index (χ1) is 7.34. The van der Waals surface area contributed by atoms with Gasteiger partial charge in [-0.3, -0.25) is 0 Å². The molecule has 0 bridgehead atoms. The molecule has 0 fully saturated rings. The fourth-order valence-electron chi connectivity index (χ4n) is 1.39. The summed E-state index contributed by atoms with van der Waals surface area (Å²) in [4.78, 5) is 4.28. The molecule has 0 atom stereocenters. The van der Waals surface area contributed by atoms with Crippen LogP contribution in [-0.2, 0) is 5.75 Å². The van der Waals surface area contributed by atoms with Crippen molar-refractivity contribution in [3.05, 3.63) is 59.8 Å². The second kappa shape index (κ2) is 4.99. The molecule has 0 amide bonds. The standard InChI is InChI=1S/C13H13NS/c1-11-5-4-6-12(9-11)10-15-13-7-2-3-8-14-13/h2-9H,10H2,1H3. The second-order valence-electron chi connectivity index (χ2n) is 3.45. The van der Waals surface area contributed by atoms with Gasteiger partial charge in [-0.05, 0) is 24.6 Å². The first kappa shape index (κ1) is 10.2. The van der Waals surface area contributed by atoms with E-state index in [1.54, 1.807) is 11.8 Å². The van der Waals surface area contributed by atoms with Crippen LogP contribution in [0.1, 0.15) is 11.1 Å². The van der Waals surface area contributed by atoms with Crippen LogP contribution in [-0.4, -0.2) is 4.98 Å². The Bertz CT molecular complexity index is 426. The maximum absolute atomic E-state index is 4.28. The van der Waals surface area contributed by atoms with Gasteiger partial charge in [-0.25, -0.2) is 4.98 Å². The highest BCUT2D eigenvalue weighted by Gasteiger charge is 1.96. The van der Waals surface area contributed by atoms with Crippen molar-refractivity contribution in [3.8, 4) is 0 Å².